The molecule has 0 saturated carbocycles. The van der Waals surface area contributed by atoms with Crippen molar-refractivity contribution in [2.75, 3.05) is 13.2 Å². The molecular formula is C13H19ClFNO. The van der Waals surface area contributed by atoms with Gasteiger partial charge in [-0.1, -0.05) is 6.07 Å². The van der Waals surface area contributed by atoms with E-state index < -0.39 is 0 Å². The molecule has 4 heteroatoms. The van der Waals surface area contributed by atoms with Crippen molar-refractivity contribution in [3.05, 3.63) is 35.1 Å². The molecule has 1 aromatic rings. The Morgan fingerprint density at radius 1 is 1.35 bits per heavy atom. The molecule has 0 aromatic heterocycles. The summed E-state index contributed by atoms with van der Waals surface area (Å²) >= 11 is 0. The summed E-state index contributed by atoms with van der Waals surface area (Å²) in [6.07, 6.45) is 2.00. The number of benzene rings is 1. The lowest BCUT2D eigenvalue weighted by Crippen LogP contribution is -2.28. The fraction of sp³-hybridized carbons (Fsp3) is 0.538. The molecule has 2 rings (SSSR count). The Labute approximate surface area is 108 Å². The highest BCUT2D eigenvalue weighted by molar-refractivity contribution is 5.85. The summed E-state index contributed by atoms with van der Waals surface area (Å²) in [6.45, 7) is 3.49. The van der Waals surface area contributed by atoms with Crippen LogP contribution in [-0.2, 0) is 4.74 Å². The van der Waals surface area contributed by atoms with Crippen LogP contribution in [0.2, 0.25) is 0 Å². The van der Waals surface area contributed by atoms with E-state index >= 15 is 0 Å². The molecule has 1 aliphatic heterocycles. The second-order valence-electron chi connectivity index (χ2n) is 4.48. The third-order valence-electron chi connectivity index (χ3n) is 3.36. The van der Waals surface area contributed by atoms with Gasteiger partial charge in [-0.15, -0.1) is 12.4 Å². The highest BCUT2D eigenvalue weighted by atomic mass is 35.5. The normalized spacial score (nSPS) is 18.5. The van der Waals surface area contributed by atoms with E-state index in [1.54, 1.807) is 6.07 Å². The second kappa shape index (κ2) is 6.34. The smallest absolute Gasteiger partial charge is 0.123 e. The van der Waals surface area contributed by atoms with Crippen molar-refractivity contribution in [1.82, 2.24) is 0 Å². The van der Waals surface area contributed by atoms with Crippen molar-refractivity contribution in [2.24, 2.45) is 11.7 Å². The first-order chi connectivity index (χ1) is 7.68. The van der Waals surface area contributed by atoms with E-state index in [1.165, 1.54) is 6.07 Å². The highest BCUT2D eigenvalue weighted by Crippen LogP contribution is 2.29. The van der Waals surface area contributed by atoms with Gasteiger partial charge >= 0.3 is 0 Å². The van der Waals surface area contributed by atoms with Crippen LogP contribution >= 0.6 is 12.4 Å². The molecule has 96 valence electrons. The molecule has 1 saturated heterocycles. The monoisotopic (exact) mass is 259 g/mol. The number of hydrogen-bond acceptors (Lipinski definition) is 2. The summed E-state index contributed by atoms with van der Waals surface area (Å²) in [7, 11) is 0. The molecule has 0 aliphatic carbocycles. The summed E-state index contributed by atoms with van der Waals surface area (Å²) < 4.78 is 18.3. The molecule has 1 aliphatic rings. The van der Waals surface area contributed by atoms with Crippen molar-refractivity contribution in [3.8, 4) is 0 Å². The molecule has 0 bridgehead atoms. The quantitative estimate of drug-likeness (QED) is 0.886. The lowest BCUT2D eigenvalue weighted by molar-refractivity contribution is 0.0583. The van der Waals surface area contributed by atoms with Gasteiger partial charge in [-0.2, -0.15) is 0 Å². The van der Waals surface area contributed by atoms with E-state index in [2.05, 4.69) is 0 Å². The van der Waals surface area contributed by atoms with Gasteiger partial charge in [0.05, 0.1) is 0 Å². The number of hydrogen-bond donors (Lipinski definition) is 1. The molecule has 2 N–H and O–H groups in total. The van der Waals surface area contributed by atoms with E-state index in [-0.39, 0.29) is 24.3 Å². The van der Waals surface area contributed by atoms with Gasteiger partial charge in [-0.25, -0.2) is 4.39 Å². The zero-order valence-electron chi connectivity index (χ0n) is 9.99. The molecule has 1 heterocycles. The number of halogens is 2. The lowest BCUT2D eigenvalue weighted by atomic mass is 9.86. The Morgan fingerprint density at radius 2 is 2.00 bits per heavy atom. The molecule has 1 fully saturated rings. The average molecular weight is 260 g/mol. The van der Waals surface area contributed by atoms with Crippen molar-refractivity contribution in [1.29, 1.82) is 0 Å². The molecule has 0 amide bonds. The first-order valence-corrected chi connectivity index (χ1v) is 5.78. The van der Waals surface area contributed by atoms with Crippen molar-refractivity contribution in [3.63, 3.8) is 0 Å². The molecule has 1 aromatic carbocycles. The SMILES string of the molecule is Cc1cc(F)ccc1[C@@H](N)C1CCOCC1.Cl. The Hall–Kier alpha value is -0.640. The average Bonchev–Trinajstić information content (AvgIpc) is 2.29. The van der Waals surface area contributed by atoms with E-state index in [0.717, 1.165) is 37.2 Å². The van der Waals surface area contributed by atoms with E-state index in [9.17, 15) is 4.39 Å². The zero-order valence-corrected chi connectivity index (χ0v) is 10.8. The van der Waals surface area contributed by atoms with Gasteiger partial charge in [0, 0.05) is 19.3 Å². The fourth-order valence-electron chi connectivity index (χ4n) is 2.34. The number of aryl methyl sites for hydroxylation is 1. The predicted octanol–water partition coefficient (Wildman–Crippen LogP) is 2.98. The summed E-state index contributed by atoms with van der Waals surface area (Å²) in [5, 5.41) is 0. The van der Waals surface area contributed by atoms with Crippen LogP contribution in [0.3, 0.4) is 0 Å². The first-order valence-electron chi connectivity index (χ1n) is 5.78. The van der Waals surface area contributed by atoms with Gasteiger partial charge in [0.2, 0.25) is 0 Å². The van der Waals surface area contributed by atoms with Crippen molar-refractivity contribution < 1.29 is 9.13 Å². The van der Waals surface area contributed by atoms with Gasteiger partial charge in [0.15, 0.2) is 0 Å². The van der Waals surface area contributed by atoms with Gasteiger partial charge in [0.1, 0.15) is 5.82 Å². The topological polar surface area (TPSA) is 35.2 Å². The second-order valence-corrected chi connectivity index (χ2v) is 4.48. The Bertz CT molecular complexity index is 366. The summed E-state index contributed by atoms with van der Waals surface area (Å²) in [5.41, 5.74) is 8.25. The standard InChI is InChI=1S/C13H18FNO.ClH/c1-9-8-11(14)2-3-12(9)13(15)10-4-6-16-7-5-10;/h2-3,8,10,13H,4-7,15H2,1H3;1H/t13-;/m0./s1. The molecule has 1 atom stereocenters. The third kappa shape index (κ3) is 3.41. The molecular weight excluding hydrogens is 241 g/mol. The largest absolute Gasteiger partial charge is 0.381 e. The Morgan fingerprint density at radius 3 is 2.59 bits per heavy atom. The number of rotatable bonds is 2. The van der Waals surface area contributed by atoms with E-state index in [4.69, 9.17) is 10.5 Å². The Kier molecular flexibility index (Phi) is 5.37. The van der Waals surface area contributed by atoms with Crippen LogP contribution in [0.5, 0.6) is 0 Å². The highest BCUT2D eigenvalue weighted by Gasteiger charge is 2.23. The van der Waals surface area contributed by atoms with Crippen LogP contribution in [0.4, 0.5) is 4.39 Å². The predicted molar refractivity (Wildman–Crippen MR) is 68.9 cm³/mol. The minimum absolute atomic E-state index is 0. The van der Waals surface area contributed by atoms with Crippen LogP contribution < -0.4 is 5.73 Å². The zero-order chi connectivity index (χ0) is 11.5. The molecule has 0 spiro atoms. The van der Waals surface area contributed by atoms with Gasteiger partial charge in [-0.3, -0.25) is 0 Å². The third-order valence-corrected chi connectivity index (χ3v) is 3.36. The van der Waals surface area contributed by atoms with Crippen LogP contribution in [0, 0.1) is 18.7 Å². The molecule has 2 nitrogen and oxygen atoms in total. The maximum absolute atomic E-state index is 13.0. The van der Waals surface area contributed by atoms with Crippen LogP contribution in [0.25, 0.3) is 0 Å². The van der Waals surface area contributed by atoms with Crippen LogP contribution in [0.15, 0.2) is 18.2 Å². The van der Waals surface area contributed by atoms with Crippen LogP contribution in [0.1, 0.15) is 30.0 Å². The van der Waals surface area contributed by atoms with E-state index in [1.807, 2.05) is 13.0 Å². The summed E-state index contributed by atoms with van der Waals surface area (Å²) in [5.74, 6) is 0.262. The van der Waals surface area contributed by atoms with Gasteiger partial charge in [0.25, 0.3) is 0 Å². The maximum atomic E-state index is 13.0. The first kappa shape index (κ1) is 14.4. The minimum atomic E-state index is -0.194. The maximum Gasteiger partial charge on any atom is 0.123 e. The van der Waals surface area contributed by atoms with Crippen molar-refractivity contribution in [2.45, 2.75) is 25.8 Å². The van der Waals surface area contributed by atoms with Gasteiger partial charge < -0.3 is 10.5 Å². The fourth-order valence-corrected chi connectivity index (χ4v) is 2.34. The van der Waals surface area contributed by atoms with Gasteiger partial charge in [-0.05, 0) is 48.9 Å². The van der Waals surface area contributed by atoms with Crippen LogP contribution in [-0.4, -0.2) is 13.2 Å². The summed E-state index contributed by atoms with van der Waals surface area (Å²) in [6, 6.07) is 4.85. The Balaban J connectivity index is 0.00000144. The lowest BCUT2D eigenvalue weighted by Gasteiger charge is -2.28. The number of ether oxygens (including phenoxy) is 1. The summed E-state index contributed by atoms with van der Waals surface area (Å²) in [4.78, 5) is 0. The van der Waals surface area contributed by atoms with Crippen molar-refractivity contribution >= 4 is 12.4 Å². The van der Waals surface area contributed by atoms with E-state index in [0.29, 0.717) is 5.92 Å². The molecule has 17 heavy (non-hydrogen) atoms. The number of nitrogens with two attached hydrogens (primary N) is 1. The minimum Gasteiger partial charge on any atom is -0.381 e. The molecule has 0 radical (unpaired) electrons. The molecule has 0 unspecified atom stereocenters.